The standard InChI is InChI=1S/C26H31N3O3/c1-18-14-21(32-2)10-11-23(18)28-25(30)12-9-19-6-5-13-29(17-19)26(31)15-20-16-27-24-8-4-3-7-22(20)24/h3-4,7-8,10-11,14,16,19,27H,5-6,9,12-13,15,17H2,1-2H3,(H,28,30)/t19-/m1/s1. The van der Waals surface area contributed by atoms with Crippen LogP contribution in [0.4, 0.5) is 5.69 Å². The summed E-state index contributed by atoms with van der Waals surface area (Å²) in [6, 6.07) is 13.7. The molecule has 6 nitrogen and oxygen atoms in total. The molecule has 0 bridgehead atoms. The number of aromatic amines is 1. The molecule has 168 valence electrons. The van der Waals surface area contributed by atoms with Crippen LogP contribution in [0.3, 0.4) is 0 Å². The second kappa shape index (κ2) is 9.90. The van der Waals surface area contributed by atoms with Gasteiger partial charge in [-0.15, -0.1) is 0 Å². The molecule has 1 fully saturated rings. The highest BCUT2D eigenvalue weighted by Gasteiger charge is 2.24. The van der Waals surface area contributed by atoms with Crippen LogP contribution in [0.1, 0.15) is 36.8 Å². The summed E-state index contributed by atoms with van der Waals surface area (Å²) in [6.07, 6.45) is 5.65. The lowest BCUT2D eigenvalue weighted by Crippen LogP contribution is -2.40. The number of nitrogens with one attached hydrogen (secondary N) is 2. The first-order chi connectivity index (χ1) is 15.5. The first kappa shape index (κ1) is 21.9. The zero-order chi connectivity index (χ0) is 22.5. The van der Waals surface area contributed by atoms with Gasteiger partial charge in [0.25, 0.3) is 0 Å². The largest absolute Gasteiger partial charge is 0.497 e. The van der Waals surface area contributed by atoms with Crippen molar-refractivity contribution in [2.45, 2.75) is 39.0 Å². The van der Waals surface area contributed by atoms with E-state index in [1.54, 1.807) is 7.11 Å². The number of nitrogens with zero attached hydrogens (tertiary/aromatic N) is 1. The third-order valence-corrected chi connectivity index (χ3v) is 6.38. The normalized spacial score (nSPS) is 16.2. The van der Waals surface area contributed by atoms with E-state index in [2.05, 4.69) is 16.4 Å². The van der Waals surface area contributed by atoms with E-state index < -0.39 is 0 Å². The number of ether oxygens (including phenoxy) is 1. The molecule has 0 unspecified atom stereocenters. The van der Waals surface area contributed by atoms with Gasteiger partial charge >= 0.3 is 0 Å². The molecule has 1 aliphatic rings. The fraction of sp³-hybridized carbons (Fsp3) is 0.385. The highest BCUT2D eigenvalue weighted by Crippen LogP contribution is 2.25. The minimum absolute atomic E-state index is 0.0144. The van der Waals surface area contributed by atoms with Gasteiger partial charge in [0.05, 0.1) is 13.5 Å². The van der Waals surface area contributed by atoms with Crippen LogP contribution in [0.25, 0.3) is 10.9 Å². The molecule has 0 saturated carbocycles. The van der Waals surface area contributed by atoms with Gasteiger partial charge in [0.2, 0.25) is 11.8 Å². The van der Waals surface area contributed by atoms with Crippen LogP contribution in [0.5, 0.6) is 5.75 Å². The molecular weight excluding hydrogens is 402 g/mol. The molecule has 0 radical (unpaired) electrons. The van der Waals surface area contributed by atoms with E-state index in [9.17, 15) is 9.59 Å². The van der Waals surface area contributed by atoms with Crippen molar-refractivity contribution in [1.82, 2.24) is 9.88 Å². The van der Waals surface area contributed by atoms with E-state index >= 15 is 0 Å². The fourth-order valence-corrected chi connectivity index (χ4v) is 4.53. The maximum Gasteiger partial charge on any atom is 0.227 e. The van der Waals surface area contributed by atoms with Crippen LogP contribution in [0.15, 0.2) is 48.7 Å². The number of benzene rings is 2. The van der Waals surface area contributed by atoms with Crippen LogP contribution in [-0.4, -0.2) is 41.9 Å². The zero-order valence-corrected chi connectivity index (χ0v) is 18.8. The molecule has 1 saturated heterocycles. The Labute approximate surface area is 188 Å². The van der Waals surface area contributed by atoms with E-state index in [1.807, 2.05) is 54.4 Å². The van der Waals surface area contributed by atoms with Crippen molar-refractivity contribution in [2.24, 2.45) is 5.92 Å². The lowest BCUT2D eigenvalue weighted by Gasteiger charge is -2.33. The Bertz CT molecular complexity index is 1100. The monoisotopic (exact) mass is 433 g/mol. The quantitative estimate of drug-likeness (QED) is 0.568. The number of H-pyrrole nitrogens is 1. The van der Waals surface area contributed by atoms with Crippen molar-refractivity contribution in [3.05, 3.63) is 59.8 Å². The van der Waals surface area contributed by atoms with Crippen LogP contribution >= 0.6 is 0 Å². The summed E-state index contributed by atoms with van der Waals surface area (Å²) in [6.45, 7) is 3.49. The highest BCUT2D eigenvalue weighted by molar-refractivity contribution is 5.91. The van der Waals surface area contributed by atoms with E-state index in [1.165, 1.54) is 0 Å². The number of piperidine rings is 1. The number of methoxy groups -OCH3 is 1. The number of hydrogen-bond acceptors (Lipinski definition) is 3. The molecule has 0 aliphatic carbocycles. The Hall–Kier alpha value is -3.28. The lowest BCUT2D eigenvalue weighted by atomic mass is 9.92. The van der Waals surface area contributed by atoms with Gasteiger partial charge in [-0.3, -0.25) is 9.59 Å². The van der Waals surface area contributed by atoms with Gasteiger partial charge in [-0.1, -0.05) is 18.2 Å². The number of hydrogen-bond donors (Lipinski definition) is 2. The van der Waals surface area contributed by atoms with Gasteiger partial charge < -0.3 is 19.9 Å². The molecule has 6 heteroatoms. The number of aryl methyl sites for hydroxylation is 1. The minimum Gasteiger partial charge on any atom is -0.497 e. The predicted octanol–water partition coefficient (Wildman–Crippen LogP) is 4.68. The summed E-state index contributed by atoms with van der Waals surface area (Å²) in [7, 11) is 1.63. The van der Waals surface area contributed by atoms with E-state index in [0.29, 0.717) is 18.8 Å². The molecule has 1 aliphatic heterocycles. The Balaban J connectivity index is 1.28. The average Bonchev–Trinajstić information content (AvgIpc) is 3.22. The summed E-state index contributed by atoms with van der Waals surface area (Å²) < 4.78 is 5.22. The molecule has 1 atom stereocenters. The Morgan fingerprint density at radius 1 is 1.22 bits per heavy atom. The molecule has 4 rings (SSSR count). The summed E-state index contributed by atoms with van der Waals surface area (Å²) in [4.78, 5) is 30.7. The van der Waals surface area contributed by atoms with Gasteiger partial charge in [0.15, 0.2) is 0 Å². The number of fused-ring (bicyclic) bond motifs is 1. The molecule has 2 N–H and O–H groups in total. The van der Waals surface area contributed by atoms with Crippen molar-refractivity contribution < 1.29 is 14.3 Å². The van der Waals surface area contributed by atoms with Crippen molar-refractivity contribution in [3.8, 4) is 5.75 Å². The molecule has 1 aromatic heterocycles. The molecule has 2 amide bonds. The molecule has 3 aromatic rings. The Morgan fingerprint density at radius 2 is 2.06 bits per heavy atom. The van der Waals surface area contributed by atoms with Gasteiger partial charge in [0.1, 0.15) is 5.75 Å². The van der Waals surface area contributed by atoms with Crippen LogP contribution < -0.4 is 10.1 Å². The average molecular weight is 434 g/mol. The van der Waals surface area contributed by atoms with Crippen molar-refractivity contribution in [3.63, 3.8) is 0 Å². The van der Waals surface area contributed by atoms with Crippen molar-refractivity contribution in [2.75, 3.05) is 25.5 Å². The second-order valence-electron chi connectivity index (χ2n) is 8.65. The molecular formula is C26H31N3O3. The predicted molar refractivity (Wildman–Crippen MR) is 127 cm³/mol. The summed E-state index contributed by atoms with van der Waals surface area (Å²) in [5.74, 6) is 1.32. The number of para-hydroxylation sites is 1. The third-order valence-electron chi connectivity index (χ3n) is 6.38. The number of carbonyl (C=O) groups excluding carboxylic acids is 2. The van der Waals surface area contributed by atoms with Gasteiger partial charge in [-0.25, -0.2) is 0 Å². The first-order valence-corrected chi connectivity index (χ1v) is 11.3. The van der Waals surface area contributed by atoms with Crippen molar-refractivity contribution in [1.29, 1.82) is 0 Å². The summed E-state index contributed by atoms with van der Waals surface area (Å²) in [5.41, 5.74) is 3.89. The highest BCUT2D eigenvalue weighted by atomic mass is 16.5. The maximum atomic E-state index is 12.9. The molecule has 0 spiro atoms. The van der Waals surface area contributed by atoms with E-state index in [4.69, 9.17) is 4.74 Å². The molecule has 2 aromatic carbocycles. The minimum atomic E-state index is 0.0144. The molecule has 2 heterocycles. The molecule has 32 heavy (non-hydrogen) atoms. The SMILES string of the molecule is COc1ccc(NC(=O)CC[C@H]2CCCN(C(=O)Cc3c[nH]c4ccccc34)C2)c(C)c1. The number of likely N-dealkylation sites (tertiary alicyclic amines) is 1. The number of aromatic nitrogens is 1. The van der Waals surface area contributed by atoms with Gasteiger partial charge in [0, 0.05) is 42.3 Å². The smallest absolute Gasteiger partial charge is 0.227 e. The summed E-state index contributed by atoms with van der Waals surface area (Å²) >= 11 is 0. The number of rotatable bonds is 7. The number of amides is 2. The van der Waals surface area contributed by atoms with Crippen LogP contribution in [0, 0.1) is 12.8 Å². The summed E-state index contributed by atoms with van der Waals surface area (Å²) in [5, 5.41) is 4.11. The first-order valence-electron chi connectivity index (χ1n) is 11.3. The number of anilines is 1. The van der Waals surface area contributed by atoms with Crippen LogP contribution in [0.2, 0.25) is 0 Å². The van der Waals surface area contributed by atoms with E-state index in [0.717, 1.165) is 65.8 Å². The van der Waals surface area contributed by atoms with Crippen molar-refractivity contribution >= 4 is 28.4 Å². The lowest BCUT2D eigenvalue weighted by molar-refractivity contribution is -0.132. The topological polar surface area (TPSA) is 74.4 Å². The Morgan fingerprint density at radius 3 is 2.88 bits per heavy atom. The number of carbonyl (C=O) groups is 2. The fourth-order valence-electron chi connectivity index (χ4n) is 4.53. The maximum absolute atomic E-state index is 12.9. The second-order valence-corrected chi connectivity index (χ2v) is 8.65. The zero-order valence-electron chi connectivity index (χ0n) is 18.8. The van der Waals surface area contributed by atoms with Gasteiger partial charge in [-0.2, -0.15) is 0 Å². The van der Waals surface area contributed by atoms with Crippen LogP contribution in [-0.2, 0) is 16.0 Å². The van der Waals surface area contributed by atoms with Gasteiger partial charge in [-0.05, 0) is 67.5 Å². The Kier molecular flexibility index (Phi) is 6.78. The van der Waals surface area contributed by atoms with E-state index in [-0.39, 0.29) is 11.8 Å². The third kappa shape index (κ3) is 5.13.